The summed E-state index contributed by atoms with van der Waals surface area (Å²) < 4.78 is 11.4. The van der Waals surface area contributed by atoms with E-state index in [-0.39, 0.29) is 6.54 Å². The molecule has 0 saturated carbocycles. The Balaban J connectivity index is 2.42. The first-order valence-corrected chi connectivity index (χ1v) is 8.07. The molecule has 6 nitrogen and oxygen atoms in total. The van der Waals surface area contributed by atoms with Gasteiger partial charge in [0.25, 0.3) is 0 Å². The van der Waals surface area contributed by atoms with Crippen molar-refractivity contribution in [2.75, 3.05) is 19.6 Å². The summed E-state index contributed by atoms with van der Waals surface area (Å²) in [4.78, 5) is 13.6. The third-order valence-electron chi connectivity index (χ3n) is 2.62. The van der Waals surface area contributed by atoms with E-state index >= 15 is 0 Å². The molecule has 0 aromatic carbocycles. The zero-order valence-electron chi connectivity index (χ0n) is 13.6. The lowest BCUT2D eigenvalue weighted by Crippen LogP contribution is -2.43. The lowest BCUT2D eigenvalue weighted by molar-refractivity contribution is 0.0164. The van der Waals surface area contributed by atoms with E-state index < -0.39 is 17.8 Å². The molecular weight excluding hydrogens is 352 g/mol. The van der Waals surface area contributed by atoms with Crippen molar-refractivity contribution in [3.8, 4) is 0 Å². The van der Waals surface area contributed by atoms with E-state index in [0.717, 1.165) is 5.76 Å². The Labute approximate surface area is 139 Å². The zero-order valence-corrected chi connectivity index (χ0v) is 15.1. The Bertz CT molecular complexity index is 468. The highest BCUT2D eigenvalue weighted by Gasteiger charge is 2.22. The number of aliphatic hydroxyl groups is 1. The standard InChI is InChI=1S/C15H25BrN2O4/c1-11(19)10-18(14(20)22-15(2,3)4)8-7-17-9-12-5-6-13(16)21-12/h5-6,11,17,19H,7-10H2,1-4H3. The van der Waals surface area contributed by atoms with Crippen molar-refractivity contribution in [3.05, 3.63) is 22.6 Å². The van der Waals surface area contributed by atoms with Crippen LogP contribution in [0.25, 0.3) is 0 Å². The highest BCUT2D eigenvalue weighted by molar-refractivity contribution is 9.10. The fraction of sp³-hybridized carbons (Fsp3) is 0.667. The van der Waals surface area contributed by atoms with Crippen LogP contribution in [0.5, 0.6) is 0 Å². The summed E-state index contributed by atoms with van der Waals surface area (Å²) in [6.45, 7) is 8.93. The van der Waals surface area contributed by atoms with Gasteiger partial charge in [0.05, 0.1) is 12.6 Å². The molecule has 1 unspecified atom stereocenters. The molecule has 1 amide bonds. The second-order valence-corrected chi connectivity index (χ2v) is 6.94. The predicted molar refractivity (Wildman–Crippen MR) is 87.6 cm³/mol. The number of nitrogens with one attached hydrogen (secondary N) is 1. The average Bonchev–Trinajstić information content (AvgIpc) is 2.76. The number of hydrogen-bond acceptors (Lipinski definition) is 5. The summed E-state index contributed by atoms with van der Waals surface area (Å²) in [5.74, 6) is 0.811. The predicted octanol–water partition coefficient (Wildman–Crippen LogP) is 2.75. The minimum atomic E-state index is -0.603. The van der Waals surface area contributed by atoms with Gasteiger partial charge in [-0.25, -0.2) is 4.79 Å². The highest BCUT2D eigenvalue weighted by atomic mass is 79.9. The van der Waals surface area contributed by atoms with Crippen molar-refractivity contribution < 1.29 is 19.1 Å². The largest absolute Gasteiger partial charge is 0.453 e. The first kappa shape index (κ1) is 19.0. The van der Waals surface area contributed by atoms with Gasteiger partial charge < -0.3 is 24.5 Å². The van der Waals surface area contributed by atoms with Crippen molar-refractivity contribution in [1.29, 1.82) is 0 Å². The molecule has 0 aliphatic heterocycles. The number of carbonyl (C=O) groups is 1. The van der Waals surface area contributed by atoms with Crippen LogP contribution in [-0.2, 0) is 11.3 Å². The number of halogens is 1. The zero-order chi connectivity index (χ0) is 16.8. The summed E-state index contributed by atoms with van der Waals surface area (Å²) in [6, 6.07) is 3.70. The topological polar surface area (TPSA) is 74.9 Å². The lowest BCUT2D eigenvalue weighted by Gasteiger charge is -2.28. The second-order valence-electron chi connectivity index (χ2n) is 6.16. The Morgan fingerprint density at radius 1 is 1.50 bits per heavy atom. The van der Waals surface area contributed by atoms with E-state index in [9.17, 15) is 9.90 Å². The van der Waals surface area contributed by atoms with Gasteiger partial charge in [0.15, 0.2) is 4.67 Å². The van der Waals surface area contributed by atoms with Crippen LogP contribution >= 0.6 is 15.9 Å². The maximum atomic E-state index is 12.1. The van der Waals surface area contributed by atoms with Gasteiger partial charge >= 0.3 is 6.09 Å². The van der Waals surface area contributed by atoms with E-state index in [4.69, 9.17) is 9.15 Å². The van der Waals surface area contributed by atoms with Crippen molar-refractivity contribution in [3.63, 3.8) is 0 Å². The number of amides is 1. The van der Waals surface area contributed by atoms with Crippen LogP contribution in [0.3, 0.4) is 0 Å². The third-order valence-corrected chi connectivity index (χ3v) is 3.05. The molecule has 0 saturated heterocycles. The van der Waals surface area contributed by atoms with Crippen molar-refractivity contribution >= 4 is 22.0 Å². The molecule has 22 heavy (non-hydrogen) atoms. The monoisotopic (exact) mass is 376 g/mol. The summed E-state index contributed by atoms with van der Waals surface area (Å²) in [5, 5.41) is 12.7. The van der Waals surface area contributed by atoms with Crippen LogP contribution in [0, 0.1) is 0 Å². The molecule has 1 heterocycles. The van der Waals surface area contributed by atoms with Crippen molar-refractivity contribution in [2.24, 2.45) is 0 Å². The summed E-state index contributed by atoms with van der Waals surface area (Å²) in [7, 11) is 0. The van der Waals surface area contributed by atoms with Gasteiger partial charge in [0.1, 0.15) is 11.4 Å². The number of rotatable bonds is 7. The van der Waals surface area contributed by atoms with Crippen LogP contribution < -0.4 is 5.32 Å². The van der Waals surface area contributed by atoms with Crippen molar-refractivity contribution in [2.45, 2.75) is 45.9 Å². The van der Waals surface area contributed by atoms with Crippen LogP contribution in [0.1, 0.15) is 33.5 Å². The molecule has 126 valence electrons. The molecular formula is C15H25BrN2O4. The molecule has 0 fully saturated rings. The molecule has 0 aliphatic rings. The Hall–Kier alpha value is -1.05. The molecule has 0 spiro atoms. The van der Waals surface area contributed by atoms with Gasteiger partial charge in [-0.05, 0) is 55.8 Å². The van der Waals surface area contributed by atoms with Gasteiger partial charge in [0.2, 0.25) is 0 Å². The van der Waals surface area contributed by atoms with E-state index in [2.05, 4.69) is 21.2 Å². The summed E-state index contributed by atoms with van der Waals surface area (Å²) in [6.07, 6.45) is -1.02. The third kappa shape index (κ3) is 7.82. The Kier molecular flexibility index (Phi) is 7.38. The first-order valence-electron chi connectivity index (χ1n) is 7.28. The van der Waals surface area contributed by atoms with Gasteiger partial charge in [-0.2, -0.15) is 0 Å². The lowest BCUT2D eigenvalue weighted by atomic mass is 10.2. The number of hydrogen-bond donors (Lipinski definition) is 2. The molecule has 1 aromatic rings. The number of nitrogens with zero attached hydrogens (tertiary/aromatic N) is 1. The minimum absolute atomic E-state index is 0.239. The van der Waals surface area contributed by atoms with Gasteiger partial charge in [-0.15, -0.1) is 0 Å². The Morgan fingerprint density at radius 3 is 2.68 bits per heavy atom. The summed E-state index contributed by atoms with van der Waals surface area (Å²) >= 11 is 3.25. The number of carbonyl (C=O) groups excluding carboxylic acids is 1. The molecule has 1 rings (SSSR count). The van der Waals surface area contributed by atoms with E-state index in [1.165, 1.54) is 4.90 Å². The molecule has 1 aromatic heterocycles. The Morgan fingerprint density at radius 2 is 2.18 bits per heavy atom. The first-order chi connectivity index (χ1) is 10.2. The molecule has 2 N–H and O–H groups in total. The molecule has 0 bridgehead atoms. The average molecular weight is 377 g/mol. The van der Waals surface area contributed by atoms with Crippen LogP contribution in [0.2, 0.25) is 0 Å². The molecule has 0 radical (unpaired) electrons. The van der Waals surface area contributed by atoms with Gasteiger partial charge in [-0.3, -0.25) is 0 Å². The summed E-state index contributed by atoms with van der Waals surface area (Å²) in [5.41, 5.74) is -0.554. The second kappa shape index (κ2) is 8.55. The van der Waals surface area contributed by atoms with Crippen LogP contribution in [0.4, 0.5) is 4.79 Å². The minimum Gasteiger partial charge on any atom is -0.453 e. The number of aliphatic hydroxyl groups excluding tert-OH is 1. The normalized spacial score (nSPS) is 13.0. The smallest absolute Gasteiger partial charge is 0.410 e. The maximum absolute atomic E-state index is 12.1. The van der Waals surface area contributed by atoms with E-state index in [0.29, 0.717) is 24.3 Å². The number of ether oxygens (including phenoxy) is 1. The SMILES string of the molecule is CC(O)CN(CCNCc1ccc(Br)o1)C(=O)OC(C)(C)C. The quantitative estimate of drug-likeness (QED) is 0.715. The highest BCUT2D eigenvalue weighted by Crippen LogP contribution is 2.13. The number of furan rings is 1. The maximum Gasteiger partial charge on any atom is 0.410 e. The van der Waals surface area contributed by atoms with Crippen molar-refractivity contribution in [1.82, 2.24) is 10.2 Å². The van der Waals surface area contributed by atoms with E-state index in [1.807, 2.05) is 32.9 Å². The van der Waals surface area contributed by atoms with E-state index in [1.54, 1.807) is 6.92 Å². The fourth-order valence-corrected chi connectivity index (χ4v) is 2.11. The van der Waals surface area contributed by atoms with Crippen LogP contribution in [-0.4, -0.2) is 47.4 Å². The molecule has 1 atom stereocenters. The molecule has 7 heteroatoms. The van der Waals surface area contributed by atoms with Gasteiger partial charge in [-0.1, -0.05) is 0 Å². The molecule has 0 aliphatic carbocycles. The van der Waals surface area contributed by atoms with Crippen LogP contribution in [0.15, 0.2) is 21.2 Å². The fourth-order valence-electron chi connectivity index (χ4n) is 1.77. The van der Waals surface area contributed by atoms with Gasteiger partial charge in [0, 0.05) is 19.6 Å².